The first-order valence-corrected chi connectivity index (χ1v) is 11.8. The van der Waals surface area contributed by atoms with Gasteiger partial charge in [0.1, 0.15) is 0 Å². The Morgan fingerprint density at radius 2 is 2.09 bits per heavy atom. The molecule has 168 valence electrons. The lowest BCUT2D eigenvalue weighted by molar-refractivity contribution is -0.487. The van der Waals surface area contributed by atoms with Crippen molar-refractivity contribution in [3.05, 3.63) is 48.3 Å². The predicted octanol–water partition coefficient (Wildman–Crippen LogP) is 2.15. The molecule has 1 saturated heterocycles. The molecule has 0 spiro atoms. The minimum Gasteiger partial charge on any atom is -0.395 e. The predicted molar refractivity (Wildman–Crippen MR) is 125 cm³/mol. The van der Waals surface area contributed by atoms with Crippen LogP contribution in [-0.4, -0.2) is 52.2 Å². The second-order valence-electron chi connectivity index (χ2n) is 8.07. The van der Waals surface area contributed by atoms with Crippen LogP contribution in [0, 0.1) is 12.8 Å². The number of piperidine rings is 1. The second kappa shape index (κ2) is 10.6. The first-order chi connectivity index (χ1) is 15.6. The van der Waals surface area contributed by atoms with E-state index < -0.39 is 0 Å². The molecule has 0 aromatic carbocycles. The van der Waals surface area contributed by atoms with Crippen LogP contribution < -0.4 is 15.5 Å². The molecule has 3 aromatic heterocycles. The number of anilines is 1. The third-order valence-corrected chi connectivity index (χ3v) is 6.62. The van der Waals surface area contributed by atoms with Gasteiger partial charge in [0, 0.05) is 50.6 Å². The summed E-state index contributed by atoms with van der Waals surface area (Å²) in [6.45, 7) is 4.15. The van der Waals surface area contributed by atoms with Crippen molar-refractivity contribution in [1.82, 2.24) is 20.3 Å². The van der Waals surface area contributed by atoms with Gasteiger partial charge in [0.25, 0.3) is 0 Å². The smallest absolute Gasteiger partial charge is 0.231 e. The zero-order valence-electron chi connectivity index (χ0n) is 18.2. The number of hydrogen-bond acceptors (Lipinski definition) is 7. The van der Waals surface area contributed by atoms with Crippen molar-refractivity contribution in [2.75, 3.05) is 31.1 Å². The number of amides is 1. The Labute approximate surface area is 191 Å². The van der Waals surface area contributed by atoms with Crippen molar-refractivity contribution in [3.63, 3.8) is 0 Å². The fourth-order valence-corrected chi connectivity index (χ4v) is 4.78. The fourth-order valence-electron chi connectivity index (χ4n) is 3.85. The largest absolute Gasteiger partial charge is 0.395 e. The lowest BCUT2D eigenvalue weighted by atomic mass is 9.93. The Hall–Kier alpha value is -2.88. The number of aryl methyl sites for hydroxylation is 1. The maximum absolute atomic E-state index is 11.9. The van der Waals surface area contributed by atoms with E-state index in [9.17, 15) is 4.79 Å². The molecule has 0 atom stereocenters. The zero-order valence-corrected chi connectivity index (χ0v) is 19.0. The zero-order chi connectivity index (χ0) is 22.3. The summed E-state index contributed by atoms with van der Waals surface area (Å²) in [5, 5.41) is 14.5. The number of hydrogen-bond donors (Lipinski definition) is 3. The van der Waals surface area contributed by atoms with Gasteiger partial charge in [-0.1, -0.05) is 17.4 Å². The van der Waals surface area contributed by atoms with Gasteiger partial charge in [0.2, 0.25) is 17.5 Å². The standard InChI is InChI=1S/C23H28N6O2S/c1-16-5-8-24-21(13-16)28-20-4-2-3-18(27-20)19-15-26-23(32-19)29-10-6-17(7-11-29)14-22(31)25-9-12-30/h2-5,8,13,15,17,30H,6-7,9-12,14H2,1H3,(H,25,31)(H,24,27,28)/p+1. The number of carbonyl (C=O) groups is 1. The SMILES string of the molecule is Cc1ccnc([NH2+]c2cccc(-c3cnc(N4CCC(CC(=O)NCCO)CC4)s3)n2)c1. The van der Waals surface area contributed by atoms with Gasteiger partial charge in [-0.25, -0.2) is 15.3 Å². The number of quaternary nitrogens is 1. The molecule has 8 nitrogen and oxygen atoms in total. The van der Waals surface area contributed by atoms with Gasteiger partial charge in [-0.2, -0.15) is 4.98 Å². The summed E-state index contributed by atoms with van der Waals surface area (Å²) >= 11 is 1.65. The second-order valence-corrected chi connectivity index (χ2v) is 9.07. The van der Waals surface area contributed by atoms with Crippen LogP contribution in [0.3, 0.4) is 0 Å². The highest BCUT2D eigenvalue weighted by atomic mass is 32.1. The molecular weight excluding hydrogens is 424 g/mol. The number of nitrogens with one attached hydrogen (secondary N) is 1. The highest BCUT2D eigenvalue weighted by molar-refractivity contribution is 7.18. The van der Waals surface area contributed by atoms with E-state index in [0.717, 1.165) is 53.3 Å². The molecular formula is C23H29N6O2S+. The van der Waals surface area contributed by atoms with Gasteiger partial charge in [0.15, 0.2) is 5.13 Å². The number of pyridine rings is 2. The Morgan fingerprint density at radius 3 is 2.88 bits per heavy atom. The van der Waals surface area contributed by atoms with Crippen LogP contribution in [-0.2, 0) is 4.79 Å². The molecule has 0 saturated carbocycles. The Kier molecular flexibility index (Phi) is 7.41. The monoisotopic (exact) mass is 453 g/mol. The Morgan fingerprint density at radius 1 is 1.25 bits per heavy atom. The molecule has 4 heterocycles. The first kappa shape index (κ1) is 22.3. The minimum atomic E-state index is -0.0187. The molecule has 0 unspecified atom stereocenters. The summed E-state index contributed by atoms with van der Waals surface area (Å²) in [6, 6.07) is 10.0. The van der Waals surface area contributed by atoms with Crippen LogP contribution in [0.2, 0.25) is 0 Å². The summed E-state index contributed by atoms with van der Waals surface area (Å²) in [4.78, 5) is 29.0. The summed E-state index contributed by atoms with van der Waals surface area (Å²) in [6.07, 6.45) is 6.16. The van der Waals surface area contributed by atoms with Gasteiger partial charge in [-0.15, -0.1) is 0 Å². The number of nitrogens with zero attached hydrogens (tertiary/aromatic N) is 4. The van der Waals surface area contributed by atoms with Crippen molar-refractivity contribution in [2.45, 2.75) is 26.2 Å². The highest BCUT2D eigenvalue weighted by Gasteiger charge is 2.23. The van der Waals surface area contributed by atoms with Gasteiger partial charge >= 0.3 is 0 Å². The van der Waals surface area contributed by atoms with Crippen LogP contribution in [0.25, 0.3) is 10.6 Å². The molecule has 9 heteroatoms. The van der Waals surface area contributed by atoms with Gasteiger partial charge in [0.05, 0.1) is 17.2 Å². The molecule has 4 rings (SSSR count). The van der Waals surface area contributed by atoms with Crippen molar-refractivity contribution < 1.29 is 15.2 Å². The van der Waals surface area contributed by atoms with Gasteiger partial charge in [-0.05, 0) is 43.4 Å². The number of aromatic nitrogens is 3. The van der Waals surface area contributed by atoms with Crippen LogP contribution in [0.5, 0.6) is 0 Å². The molecule has 32 heavy (non-hydrogen) atoms. The molecule has 0 radical (unpaired) electrons. The third-order valence-electron chi connectivity index (χ3n) is 5.54. The topological polar surface area (TPSA) is 108 Å². The normalized spacial score (nSPS) is 14.5. The average molecular weight is 454 g/mol. The molecule has 0 aliphatic carbocycles. The van der Waals surface area contributed by atoms with Gasteiger partial charge < -0.3 is 15.3 Å². The molecule has 4 N–H and O–H groups in total. The summed E-state index contributed by atoms with van der Waals surface area (Å²) < 4.78 is 0. The van der Waals surface area contributed by atoms with Crippen molar-refractivity contribution >= 4 is 34.0 Å². The quantitative estimate of drug-likeness (QED) is 0.482. The van der Waals surface area contributed by atoms with Gasteiger partial charge in [-0.3, -0.25) is 4.79 Å². The van der Waals surface area contributed by atoms with Crippen LogP contribution >= 0.6 is 11.3 Å². The van der Waals surface area contributed by atoms with Crippen LogP contribution in [0.1, 0.15) is 24.8 Å². The highest BCUT2D eigenvalue weighted by Crippen LogP contribution is 2.33. The maximum atomic E-state index is 11.9. The maximum Gasteiger partial charge on any atom is 0.231 e. The van der Waals surface area contributed by atoms with E-state index in [2.05, 4.69) is 27.1 Å². The van der Waals surface area contributed by atoms with E-state index in [1.165, 1.54) is 5.56 Å². The lowest BCUT2D eigenvalue weighted by Gasteiger charge is -2.31. The lowest BCUT2D eigenvalue weighted by Crippen LogP contribution is -2.72. The van der Waals surface area contributed by atoms with Crippen molar-refractivity contribution in [1.29, 1.82) is 0 Å². The molecule has 3 aromatic rings. The Bertz CT molecular complexity index is 1050. The summed E-state index contributed by atoms with van der Waals surface area (Å²) in [5.41, 5.74) is 2.08. The molecule has 1 aliphatic rings. The first-order valence-electron chi connectivity index (χ1n) is 10.9. The third kappa shape index (κ3) is 5.87. The number of aliphatic hydroxyl groups is 1. The van der Waals surface area contributed by atoms with Crippen LogP contribution in [0.4, 0.5) is 16.8 Å². The van der Waals surface area contributed by atoms with E-state index in [4.69, 9.17) is 10.1 Å². The van der Waals surface area contributed by atoms with E-state index in [1.54, 1.807) is 11.3 Å². The summed E-state index contributed by atoms with van der Waals surface area (Å²) in [5.74, 6) is 2.18. The number of aliphatic hydroxyl groups excluding tert-OH is 1. The number of nitrogens with two attached hydrogens (primary N) is 1. The fraction of sp³-hybridized carbons (Fsp3) is 0.391. The van der Waals surface area contributed by atoms with E-state index >= 15 is 0 Å². The van der Waals surface area contributed by atoms with E-state index in [0.29, 0.717) is 18.9 Å². The summed E-state index contributed by atoms with van der Waals surface area (Å²) in [7, 11) is 0. The molecule has 1 fully saturated rings. The molecule has 1 aliphatic heterocycles. The average Bonchev–Trinajstić information content (AvgIpc) is 3.29. The van der Waals surface area contributed by atoms with Crippen molar-refractivity contribution in [3.8, 4) is 10.6 Å². The van der Waals surface area contributed by atoms with Crippen LogP contribution in [0.15, 0.2) is 42.7 Å². The molecule has 0 bridgehead atoms. The number of carbonyl (C=O) groups excluding carboxylic acids is 1. The van der Waals surface area contributed by atoms with E-state index in [1.807, 2.05) is 48.0 Å². The number of thiazole rings is 1. The molecule has 1 amide bonds. The minimum absolute atomic E-state index is 0.0187. The van der Waals surface area contributed by atoms with E-state index in [-0.39, 0.29) is 12.5 Å². The van der Waals surface area contributed by atoms with Crippen molar-refractivity contribution in [2.24, 2.45) is 5.92 Å². The Balaban J connectivity index is 1.36. The number of rotatable bonds is 8.